The van der Waals surface area contributed by atoms with Crippen LogP contribution in [0.1, 0.15) is 16.7 Å². The van der Waals surface area contributed by atoms with E-state index in [1.807, 2.05) is 37.3 Å². The lowest BCUT2D eigenvalue weighted by Gasteiger charge is -2.11. The predicted octanol–water partition coefficient (Wildman–Crippen LogP) is 3.46. The highest BCUT2D eigenvalue weighted by Crippen LogP contribution is 2.20. The summed E-state index contributed by atoms with van der Waals surface area (Å²) < 4.78 is 1.03. The van der Waals surface area contributed by atoms with Crippen LogP contribution < -0.4 is 11.1 Å². The first-order valence-corrected chi connectivity index (χ1v) is 6.96. The van der Waals surface area contributed by atoms with Crippen molar-refractivity contribution in [2.45, 2.75) is 13.5 Å². The highest BCUT2D eigenvalue weighted by molar-refractivity contribution is 9.10. The van der Waals surface area contributed by atoms with E-state index in [2.05, 4.69) is 38.5 Å². The number of halogens is 1. The van der Waals surface area contributed by atoms with Crippen molar-refractivity contribution < 1.29 is 5.21 Å². The van der Waals surface area contributed by atoms with Crippen molar-refractivity contribution in [2.75, 3.05) is 5.32 Å². The second kappa shape index (κ2) is 6.43. The molecule has 0 aliphatic rings. The molecular weight excluding hydrogens is 318 g/mol. The van der Waals surface area contributed by atoms with Crippen molar-refractivity contribution in [3.8, 4) is 0 Å². The molecule has 0 saturated carbocycles. The number of amidine groups is 1. The first kappa shape index (κ1) is 14.4. The highest BCUT2D eigenvalue weighted by Gasteiger charge is 2.06. The molecule has 2 rings (SSSR count). The molecule has 2 aromatic rings. The summed E-state index contributed by atoms with van der Waals surface area (Å²) in [5.74, 6) is 0.118. The molecule has 0 aliphatic carbocycles. The maximum Gasteiger partial charge on any atom is 0.170 e. The number of hydrogen-bond donors (Lipinski definition) is 3. The summed E-state index contributed by atoms with van der Waals surface area (Å²) >= 11 is 3.48. The molecule has 0 fully saturated rings. The average molecular weight is 334 g/mol. The minimum atomic E-state index is 0.118. The van der Waals surface area contributed by atoms with Crippen molar-refractivity contribution in [3.63, 3.8) is 0 Å². The quantitative estimate of drug-likeness (QED) is 0.347. The van der Waals surface area contributed by atoms with E-state index in [1.165, 1.54) is 5.56 Å². The van der Waals surface area contributed by atoms with Crippen LogP contribution in [-0.4, -0.2) is 11.0 Å². The molecular formula is C15H16BrN3O. The van der Waals surface area contributed by atoms with E-state index in [4.69, 9.17) is 10.9 Å². The zero-order valence-electron chi connectivity index (χ0n) is 11.1. The summed E-state index contributed by atoms with van der Waals surface area (Å²) in [6.07, 6.45) is 0. The lowest BCUT2D eigenvalue weighted by molar-refractivity contribution is 0.318. The third kappa shape index (κ3) is 3.51. The highest BCUT2D eigenvalue weighted by atomic mass is 79.9. The van der Waals surface area contributed by atoms with E-state index in [-0.39, 0.29) is 5.84 Å². The molecule has 0 bridgehead atoms. The van der Waals surface area contributed by atoms with Crippen LogP contribution in [0.15, 0.2) is 52.1 Å². The number of hydrogen-bond acceptors (Lipinski definition) is 3. The van der Waals surface area contributed by atoms with Gasteiger partial charge in [0.15, 0.2) is 5.84 Å². The number of benzene rings is 2. The van der Waals surface area contributed by atoms with E-state index in [9.17, 15) is 0 Å². The Morgan fingerprint density at radius 1 is 1.30 bits per heavy atom. The van der Waals surface area contributed by atoms with Gasteiger partial charge in [-0.2, -0.15) is 0 Å². The average Bonchev–Trinajstić information content (AvgIpc) is 2.43. The third-order valence-corrected chi connectivity index (χ3v) is 3.38. The number of rotatable bonds is 4. The van der Waals surface area contributed by atoms with Gasteiger partial charge < -0.3 is 16.3 Å². The standard InChI is InChI=1S/C15H16BrN3O/c1-10-6-12(16)8-13(7-10)18-9-11-4-2-3-5-14(11)15(17)19-20/h2-8,18,20H,9H2,1H3,(H2,17,19). The monoisotopic (exact) mass is 333 g/mol. The molecule has 0 saturated heterocycles. The van der Waals surface area contributed by atoms with Crippen molar-refractivity contribution >= 4 is 27.5 Å². The van der Waals surface area contributed by atoms with E-state index in [0.29, 0.717) is 6.54 Å². The van der Waals surface area contributed by atoms with Gasteiger partial charge >= 0.3 is 0 Å². The lowest BCUT2D eigenvalue weighted by Crippen LogP contribution is -2.16. The van der Waals surface area contributed by atoms with Gasteiger partial charge in [0.05, 0.1) is 0 Å². The van der Waals surface area contributed by atoms with Gasteiger partial charge in [-0.3, -0.25) is 0 Å². The SMILES string of the molecule is Cc1cc(Br)cc(NCc2ccccc2/C(N)=N/O)c1. The van der Waals surface area contributed by atoms with Gasteiger partial charge in [0.1, 0.15) is 0 Å². The van der Waals surface area contributed by atoms with Crippen LogP contribution >= 0.6 is 15.9 Å². The molecule has 0 amide bonds. The van der Waals surface area contributed by atoms with Crippen LogP contribution in [0, 0.1) is 6.92 Å². The number of nitrogens with zero attached hydrogens (tertiary/aromatic N) is 1. The van der Waals surface area contributed by atoms with Gasteiger partial charge in [-0.15, -0.1) is 0 Å². The predicted molar refractivity (Wildman–Crippen MR) is 85.2 cm³/mol. The van der Waals surface area contributed by atoms with Crippen LogP contribution in [0.3, 0.4) is 0 Å². The molecule has 0 aromatic heterocycles. The zero-order valence-corrected chi connectivity index (χ0v) is 12.7. The summed E-state index contributed by atoms with van der Waals surface area (Å²) in [6, 6.07) is 13.7. The van der Waals surface area contributed by atoms with Crippen molar-refractivity contribution in [1.82, 2.24) is 0 Å². The Labute approximate surface area is 126 Å². The largest absolute Gasteiger partial charge is 0.409 e. The minimum Gasteiger partial charge on any atom is -0.409 e. The summed E-state index contributed by atoms with van der Waals surface area (Å²) in [5, 5.41) is 15.2. The molecule has 20 heavy (non-hydrogen) atoms. The van der Waals surface area contributed by atoms with Crippen LogP contribution in [0.25, 0.3) is 0 Å². The lowest BCUT2D eigenvalue weighted by atomic mass is 10.1. The molecule has 4 N–H and O–H groups in total. The molecule has 0 spiro atoms. The number of anilines is 1. The van der Waals surface area contributed by atoms with Gasteiger partial charge in [0.25, 0.3) is 0 Å². The Morgan fingerprint density at radius 2 is 2.05 bits per heavy atom. The molecule has 2 aromatic carbocycles. The van der Waals surface area contributed by atoms with Crippen LogP contribution in [0.5, 0.6) is 0 Å². The maximum atomic E-state index is 8.81. The fourth-order valence-corrected chi connectivity index (χ4v) is 2.62. The van der Waals surface area contributed by atoms with E-state index in [0.717, 1.165) is 21.3 Å². The molecule has 0 aliphatic heterocycles. The Kier molecular flexibility index (Phi) is 4.63. The fraction of sp³-hybridized carbons (Fsp3) is 0.133. The van der Waals surface area contributed by atoms with E-state index in [1.54, 1.807) is 0 Å². The molecule has 4 nitrogen and oxygen atoms in total. The smallest absolute Gasteiger partial charge is 0.170 e. The number of nitrogens with two attached hydrogens (primary N) is 1. The topological polar surface area (TPSA) is 70.6 Å². The first-order valence-electron chi connectivity index (χ1n) is 6.17. The number of nitrogens with one attached hydrogen (secondary N) is 1. The van der Waals surface area contributed by atoms with E-state index >= 15 is 0 Å². The van der Waals surface area contributed by atoms with Crippen LogP contribution in [0.4, 0.5) is 5.69 Å². The fourth-order valence-electron chi connectivity index (χ4n) is 2.01. The third-order valence-electron chi connectivity index (χ3n) is 2.93. The van der Waals surface area contributed by atoms with Gasteiger partial charge in [-0.25, -0.2) is 0 Å². The van der Waals surface area contributed by atoms with Crippen molar-refractivity contribution in [3.05, 3.63) is 63.6 Å². The second-order valence-corrected chi connectivity index (χ2v) is 5.43. The zero-order chi connectivity index (χ0) is 14.5. The van der Waals surface area contributed by atoms with Crippen molar-refractivity contribution in [2.24, 2.45) is 10.9 Å². The van der Waals surface area contributed by atoms with Gasteiger partial charge in [0, 0.05) is 22.3 Å². The Bertz CT molecular complexity index is 621. The second-order valence-electron chi connectivity index (χ2n) is 4.51. The molecule has 0 atom stereocenters. The molecule has 104 valence electrons. The van der Waals surface area contributed by atoms with Crippen LogP contribution in [0.2, 0.25) is 0 Å². The summed E-state index contributed by atoms with van der Waals surface area (Å²) in [4.78, 5) is 0. The summed E-state index contributed by atoms with van der Waals surface area (Å²) in [6.45, 7) is 2.64. The Hall–Kier alpha value is -2.01. The van der Waals surface area contributed by atoms with Gasteiger partial charge in [0.2, 0.25) is 0 Å². The van der Waals surface area contributed by atoms with Crippen LogP contribution in [-0.2, 0) is 6.54 Å². The van der Waals surface area contributed by atoms with Crippen molar-refractivity contribution in [1.29, 1.82) is 0 Å². The summed E-state index contributed by atoms with van der Waals surface area (Å²) in [7, 11) is 0. The Morgan fingerprint density at radius 3 is 2.75 bits per heavy atom. The molecule has 5 heteroatoms. The maximum absolute atomic E-state index is 8.81. The van der Waals surface area contributed by atoms with Gasteiger partial charge in [-0.05, 0) is 36.2 Å². The Balaban J connectivity index is 2.19. The summed E-state index contributed by atoms with van der Waals surface area (Å²) in [5.41, 5.74) is 9.57. The molecule has 0 radical (unpaired) electrons. The normalized spacial score (nSPS) is 11.4. The number of aryl methyl sites for hydroxylation is 1. The first-order chi connectivity index (χ1) is 9.60. The minimum absolute atomic E-state index is 0.118. The van der Waals surface area contributed by atoms with E-state index < -0.39 is 0 Å². The molecule has 0 unspecified atom stereocenters. The van der Waals surface area contributed by atoms with Gasteiger partial charge in [-0.1, -0.05) is 45.4 Å². The molecule has 0 heterocycles. The number of oxime groups is 1.